The van der Waals surface area contributed by atoms with Crippen molar-refractivity contribution in [1.29, 1.82) is 0 Å². The molecule has 3 atom stereocenters. The average molecular weight is 765 g/mol. The number of imide groups is 1. The lowest BCUT2D eigenvalue weighted by atomic mass is 9.88. The number of hydrogen-bond acceptors (Lipinski definition) is 11. The van der Waals surface area contributed by atoms with Gasteiger partial charge in [-0.1, -0.05) is 84.6 Å². The van der Waals surface area contributed by atoms with Gasteiger partial charge in [0.1, 0.15) is 27.6 Å². The topological polar surface area (TPSA) is 207 Å². The fraction of sp³-hybridized carbons (Fsp3) is 0.303. The number of nitrogens with zero attached hydrogens (tertiary/aromatic N) is 5. The first kappa shape index (κ1) is 36.5. The van der Waals surface area contributed by atoms with Crippen molar-refractivity contribution in [3.05, 3.63) is 104 Å². The van der Waals surface area contributed by atoms with Gasteiger partial charge in [0.15, 0.2) is 5.16 Å². The number of amides is 5. The number of carbonyl (C=O) groups is 5. The van der Waals surface area contributed by atoms with Crippen molar-refractivity contribution in [3.8, 4) is 0 Å². The normalized spacial score (nSPS) is 20.6. The summed E-state index contributed by atoms with van der Waals surface area (Å²) in [5.74, 6) is -3.40. The van der Waals surface area contributed by atoms with Crippen LogP contribution in [-0.4, -0.2) is 105 Å². The largest absolute Gasteiger partial charge is 0.477 e. The second-order valence-electron chi connectivity index (χ2n) is 12.2. The summed E-state index contributed by atoms with van der Waals surface area (Å²) in [6, 6.07) is 15.2. The molecule has 3 aliphatic rings. The second kappa shape index (κ2) is 14.8. The smallest absolute Gasteiger partial charge is 0.352 e. The number of hydrogen-bond donors (Lipinski definition) is 4. The van der Waals surface area contributed by atoms with Crippen molar-refractivity contribution in [3.63, 3.8) is 0 Å². The van der Waals surface area contributed by atoms with Crippen LogP contribution < -0.4 is 21.8 Å². The molecule has 3 aliphatic heterocycles. The third kappa shape index (κ3) is 6.85. The van der Waals surface area contributed by atoms with Crippen molar-refractivity contribution in [2.45, 2.75) is 35.6 Å². The number of carboxylic acids is 1. The van der Waals surface area contributed by atoms with Gasteiger partial charge in [-0.15, -0.1) is 16.9 Å². The molecule has 0 bridgehead atoms. The molecule has 19 heteroatoms. The van der Waals surface area contributed by atoms with Crippen molar-refractivity contribution in [2.24, 2.45) is 7.05 Å². The highest BCUT2D eigenvalue weighted by Gasteiger charge is 2.60. The summed E-state index contributed by atoms with van der Waals surface area (Å²) < 4.78 is 1.08. The van der Waals surface area contributed by atoms with Crippen LogP contribution in [0.3, 0.4) is 0 Å². The number of carboxylic acid groups (broad SMARTS) is 1. The molecule has 0 radical (unpaired) electrons. The summed E-state index contributed by atoms with van der Waals surface area (Å²) in [6.45, 7) is 1.90. The van der Waals surface area contributed by atoms with Gasteiger partial charge in [0, 0.05) is 38.2 Å². The van der Waals surface area contributed by atoms with Gasteiger partial charge in [0.05, 0.1) is 0 Å². The Balaban J connectivity index is 1.17. The molecule has 4 heterocycles. The van der Waals surface area contributed by atoms with E-state index in [1.54, 1.807) is 37.3 Å². The number of benzene rings is 2. The third-order valence-electron chi connectivity index (χ3n) is 8.82. The van der Waals surface area contributed by atoms with E-state index in [1.807, 2.05) is 30.3 Å². The fourth-order valence-corrected chi connectivity index (χ4v) is 9.07. The van der Waals surface area contributed by atoms with Crippen molar-refractivity contribution >= 4 is 70.5 Å². The number of aromatic nitrogens is 3. The standard InChI is InChI=1S/C33H32N8O8S3/c1-33(29(50)41-22(28(47)48)20(16-51-30(33)41)17-52-32-37-36-24(43)25(44)38(32)2)35-23(42)21(19-11-7-4-8-12-19)34-31(49)40-14-13-39(26(45)27(40)46)15-18-9-5-3-6-10-18/h3-12,21,30H,13-17H2,1-2H3,(H,34,49)(H,35,42)(H,36,43)(H,47,48)/t21?,30-,33+/m0/s1. The van der Waals surface area contributed by atoms with Crippen molar-refractivity contribution in [2.75, 3.05) is 24.6 Å². The highest BCUT2D eigenvalue weighted by atomic mass is 32.2. The van der Waals surface area contributed by atoms with E-state index >= 15 is 0 Å². The van der Waals surface area contributed by atoms with Crippen LogP contribution in [0.15, 0.2) is 86.7 Å². The predicted molar refractivity (Wildman–Crippen MR) is 194 cm³/mol. The SMILES string of the molecule is Cn1c(SCC2=C(C(=O)O)N3C(=S)[C@@](C)(NC(=O)C(NC(=O)N4CCN(Cc5ccccc5)C(=O)C4=O)c4ccccc4)[C@@H]3SC2)n[nH]c(=O)c1=O. The molecule has 2 aromatic carbocycles. The van der Waals surface area contributed by atoms with E-state index in [-0.39, 0.29) is 47.0 Å². The zero-order valence-corrected chi connectivity index (χ0v) is 30.2. The first-order valence-corrected chi connectivity index (χ1v) is 18.3. The highest BCUT2D eigenvalue weighted by Crippen LogP contribution is 2.47. The molecule has 5 amide bonds. The van der Waals surface area contributed by atoms with E-state index in [4.69, 9.17) is 12.2 Å². The minimum absolute atomic E-state index is 0.0649. The zero-order chi connectivity index (χ0) is 37.3. The molecule has 3 aromatic rings. The summed E-state index contributed by atoms with van der Waals surface area (Å²) >= 11 is 8.12. The molecular formula is C33H32N8O8S3. The molecule has 2 fully saturated rings. The lowest BCUT2D eigenvalue weighted by Gasteiger charge is -2.58. The number of urea groups is 1. The summed E-state index contributed by atoms with van der Waals surface area (Å²) in [7, 11) is 1.39. The van der Waals surface area contributed by atoms with Crippen molar-refractivity contribution in [1.82, 2.24) is 40.1 Å². The first-order chi connectivity index (χ1) is 24.8. The molecule has 16 nitrogen and oxygen atoms in total. The van der Waals surface area contributed by atoms with Gasteiger partial charge in [-0.25, -0.2) is 14.7 Å². The van der Waals surface area contributed by atoms with E-state index in [1.165, 1.54) is 28.6 Å². The Morgan fingerprint density at radius 3 is 2.40 bits per heavy atom. The number of thioether (sulfide) groups is 2. The zero-order valence-electron chi connectivity index (χ0n) is 27.7. The highest BCUT2D eigenvalue weighted by molar-refractivity contribution is 8.01. The average Bonchev–Trinajstić information content (AvgIpc) is 3.14. The fourth-order valence-electron chi connectivity index (χ4n) is 6.05. The van der Waals surface area contributed by atoms with Gasteiger partial charge in [-0.2, -0.15) is 0 Å². The summed E-state index contributed by atoms with van der Waals surface area (Å²) in [6.07, 6.45) is 0. The van der Waals surface area contributed by atoms with Crippen LogP contribution in [0.1, 0.15) is 24.1 Å². The van der Waals surface area contributed by atoms with Gasteiger partial charge >= 0.3 is 34.9 Å². The number of rotatable bonds is 10. The van der Waals surface area contributed by atoms with E-state index in [0.717, 1.165) is 26.8 Å². The van der Waals surface area contributed by atoms with Crippen LogP contribution in [0.2, 0.25) is 0 Å². The number of aromatic amines is 1. The quantitative estimate of drug-likeness (QED) is 0.128. The van der Waals surface area contributed by atoms with Crippen LogP contribution in [0.4, 0.5) is 4.79 Å². The van der Waals surface area contributed by atoms with Crippen LogP contribution >= 0.6 is 35.7 Å². The Hall–Kier alpha value is -5.27. The van der Waals surface area contributed by atoms with Gasteiger partial charge in [0.25, 0.3) is 0 Å². The van der Waals surface area contributed by atoms with Crippen LogP contribution in [0.25, 0.3) is 0 Å². The number of thiocarbonyl (C=S) groups is 1. The number of carbonyl (C=O) groups excluding carboxylic acids is 4. The van der Waals surface area contributed by atoms with Gasteiger partial charge in [-0.05, 0) is 23.6 Å². The molecule has 2 saturated heterocycles. The number of aliphatic carboxylic acids is 1. The molecule has 270 valence electrons. The third-order valence-corrected chi connectivity index (χ3v) is 12.1. The van der Waals surface area contributed by atoms with Gasteiger partial charge < -0.3 is 25.5 Å². The van der Waals surface area contributed by atoms with Crippen LogP contribution in [-0.2, 0) is 32.8 Å². The summed E-state index contributed by atoms with van der Waals surface area (Å²) in [4.78, 5) is 93.5. The number of H-pyrrole nitrogens is 1. The molecule has 0 aliphatic carbocycles. The Morgan fingerprint density at radius 2 is 1.73 bits per heavy atom. The molecular weight excluding hydrogens is 733 g/mol. The van der Waals surface area contributed by atoms with E-state index in [0.29, 0.717) is 11.1 Å². The molecule has 1 aromatic heterocycles. The maximum absolute atomic E-state index is 14.0. The van der Waals surface area contributed by atoms with E-state index in [2.05, 4.69) is 20.8 Å². The predicted octanol–water partition coefficient (Wildman–Crippen LogP) is 0.812. The minimum atomic E-state index is -1.31. The van der Waals surface area contributed by atoms with Crippen LogP contribution in [0, 0.1) is 0 Å². The molecule has 0 spiro atoms. The Labute approximate surface area is 309 Å². The summed E-state index contributed by atoms with van der Waals surface area (Å²) in [5, 5.41) is 21.3. The number of nitrogens with one attached hydrogen (secondary N) is 3. The van der Waals surface area contributed by atoms with Crippen molar-refractivity contribution < 1.29 is 29.1 Å². The first-order valence-electron chi connectivity index (χ1n) is 15.8. The van der Waals surface area contributed by atoms with Gasteiger partial charge in [0.2, 0.25) is 5.91 Å². The Bertz CT molecular complexity index is 2130. The molecule has 4 N–H and O–H groups in total. The van der Waals surface area contributed by atoms with Crippen LogP contribution in [0.5, 0.6) is 0 Å². The number of fused-ring (bicyclic) bond motifs is 1. The van der Waals surface area contributed by atoms with E-state index in [9.17, 15) is 38.7 Å². The second-order valence-corrected chi connectivity index (χ2v) is 14.6. The molecule has 52 heavy (non-hydrogen) atoms. The molecule has 6 rings (SSSR count). The Morgan fingerprint density at radius 1 is 1.06 bits per heavy atom. The maximum atomic E-state index is 14.0. The lowest BCUT2D eigenvalue weighted by molar-refractivity contribution is -0.154. The minimum Gasteiger partial charge on any atom is -0.477 e. The Kier molecular flexibility index (Phi) is 10.4. The molecule has 0 saturated carbocycles. The van der Waals surface area contributed by atoms with E-state index < -0.39 is 57.8 Å². The monoisotopic (exact) mass is 764 g/mol. The lowest BCUT2D eigenvalue weighted by Crippen LogP contribution is -2.78. The molecule has 1 unspecified atom stereocenters. The number of piperazine rings is 1. The summed E-state index contributed by atoms with van der Waals surface area (Å²) in [5.41, 5.74) is -1.24. The maximum Gasteiger partial charge on any atom is 0.352 e. The van der Waals surface area contributed by atoms with Gasteiger partial charge in [-0.3, -0.25) is 33.4 Å².